The predicted molar refractivity (Wildman–Crippen MR) is 111 cm³/mol. The van der Waals surface area contributed by atoms with Crippen LogP contribution in [0.5, 0.6) is 0 Å². The summed E-state index contributed by atoms with van der Waals surface area (Å²) in [6, 6.07) is 0. The first-order chi connectivity index (χ1) is 12.7. The molecule has 0 aliphatic heterocycles. The van der Waals surface area contributed by atoms with Crippen molar-refractivity contribution in [2.45, 2.75) is 123 Å². The fourth-order valence-electron chi connectivity index (χ4n) is 6.78. The molecule has 0 aromatic heterocycles. The van der Waals surface area contributed by atoms with Gasteiger partial charge in [-0.05, 0) is 80.5 Å². The lowest BCUT2D eigenvalue weighted by Gasteiger charge is -2.43. The Hall–Kier alpha value is -0.0700. The third kappa shape index (κ3) is 5.48. The third-order valence-corrected chi connectivity index (χ3v) is 8.71. The van der Waals surface area contributed by atoms with Crippen molar-refractivity contribution in [3.05, 3.63) is 0 Å². The molecule has 0 spiro atoms. The van der Waals surface area contributed by atoms with Crippen LogP contribution in [0, 0.1) is 35.5 Å². The van der Waals surface area contributed by atoms with Crippen LogP contribution in [-0.4, -0.2) is 6.17 Å². The summed E-state index contributed by atoms with van der Waals surface area (Å²) < 4.78 is 15.1. The molecule has 152 valence electrons. The molecule has 1 heteroatoms. The van der Waals surface area contributed by atoms with Crippen LogP contribution in [-0.2, 0) is 0 Å². The van der Waals surface area contributed by atoms with E-state index in [0.29, 0.717) is 17.8 Å². The molecule has 3 unspecified atom stereocenters. The molecule has 3 atom stereocenters. The van der Waals surface area contributed by atoms with Gasteiger partial charge in [0.25, 0.3) is 0 Å². The van der Waals surface area contributed by atoms with Gasteiger partial charge in [0.05, 0.1) is 0 Å². The molecule has 0 nitrogen and oxygen atoms in total. The minimum absolute atomic E-state index is 0.412. The van der Waals surface area contributed by atoms with Gasteiger partial charge in [-0.15, -0.1) is 0 Å². The first-order valence-corrected chi connectivity index (χ1v) is 12.3. The number of hydrogen-bond donors (Lipinski definition) is 0. The van der Waals surface area contributed by atoms with Crippen LogP contribution < -0.4 is 0 Å². The average molecular weight is 365 g/mol. The van der Waals surface area contributed by atoms with E-state index in [1.54, 1.807) is 0 Å². The molecule has 0 radical (unpaired) electrons. The fourth-order valence-corrected chi connectivity index (χ4v) is 6.78. The van der Waals surface area contributed by atoms with E-state index in [1.165, 1.54) is 96.3 Å². The van der Waals surface area contributed by atoms with Crippen molar-refractivity contribution in [3.63, 3.8) is 0 Å². The summed E-state index contributed by atoms with van der Waals surface area (Å²) in [5.74, 6) is 4.62. The lowest BCUT2D eigenvalue weighted by atomic mass is 9.64. The fraction of sp³-hybridized carbons (Fsp3) is 1.00. The van der Waals surface area contributed by atoms with E-state index >= 15 is 4.39 Å². The lowest BCUT2D eigenvalue weighted by Crippen LogP contribution is -2.36. The Balaban J connectivity index is 1.39. The van der Waals surface area contributed by atoms with Crippen LogP contribution in [0.3, 0.4) is 0 Å². The van der Waals surface area contributed by atoms with Gasteiger partial charge in [0.15, 0.2) is 0 Å². The minimum atomic E-state index is -0.487. The molecule has 0 saturated heterocycles. The molecule has 0 amide bonds. The van der Waals surface area contributed by atoms with E-state index in [9.17, 15) is 0 Å². The van der Waals surface area contributed by atoms with E-state index < -0.39 is 6.17 Å². The van der Waals surface area contributed by atoms with Gasteiger partial charge in [0.2, 0.25) is 0 Å². The van der Waals surface area contributed by atoms with Crippen LogP contribution >= 0.6 is 0 Å². The molecule has 3 rings (SSSR count). The molecule has 0 aromatic rings. The summed E-state index contributed by atoms with van der Waals surface area (Å²) in [6.45, 7) is 4.64. The summed E-state index contributed by atoms with van der Waals surface area (Å²) in [4.78, 5) is 0. The summed E-state index contributed by atoms with van der Waals surface area (Å²) in [5, 5.41) is 0. The Morgan fingerprint density at radius 1 is 0.654 bits per heavy atom. The number of halogens is 1. The second kappa shape index (κ2) is 10.5. The number of hydrogen-bond acceptors (Lipinski definition) is 0. The standard InChI is InChI=1S/C25H45F/c1-3-5-6-7-20-10-14-22(15-11-20)24-17-16-23(18-25(24)26)21-12-8-19(4-2)9-13-21/h19-25H,3-18H2,1-2H3. The van der Waals surface area contributed by atoms with E-state index in [4.69, 9.17) is 0 Å². The zero-order valence-electron chi connectivity index (χ0n) is 17.7. The summed E-state index contributed by atoms with van der Waals surface area (Å²) in [6.07, 6.45) is 21.0. The van der Waals surface area contributed by atoms with Crippen molar-refractivity contribution < 1.29 is 4.39 Å². The van der Waals surface area contributed by atoms with Crippen LogP contribution in [0.25, 0.3) is 0 Å². The van der Waals surface area contributed by atoms with Crippen molar-refractivity contribution >= 4 is 0 Å². The van der Waals surface area contributed by atoms with Crippen LogP contribution in [0.15, 0.2) is 0 Å². The Labute approximate surface area is 163 Å². The predicted octanol–water partition coefficient (Wildman–Crippen LogP) is 8.34. The highest BCUT2D eigenvalue weighted by molar-refractivity contribution is 4.90. The molecule has 0 heterocycles. The highest BCUT2D eigenvalue weighted by Gasteiger charge is 2.39. The summed E-state index contributed by atoms with van der Waals surface area (Å²) >= 11 is 0. The lowest BCUT2D eigenvalue weighted by molar-refractivity contribution is 0.0327. The first-order valence-electron chi connectivity index (χ1n) is 12.3. The van der Waals surface area contributed by atoms with Crippen molar-refractivity contribution in [1.82, 2.24) is 0 Å². The molecular weight excluding hydrogens is 319 g/mol. The molecule has 3 aliphatic rings. The largest absolute Gasteiger partial charge is 0.247 e. The van der Waals surface area contributed by atoms with Crippen molar-refractivity contribution in [2.24, 2.45) is 35.5 Å². The molecular formula is C25H45F. The van der Waals surface area contributed by atoms with Gasteiger partial charge in [0, 0.05) is 0 Å². The second-order valence-corrected chi connectivity index (χ2v) is 10.2. The Morgan fingerprint density at radius 2 is 1.27 bits per heavy atom. The zero-order chi connectivity index (χ0) is 18.4. The van der Waals surface area contributed by atoms with E-state index in [1.807, 2.05) is 0 Å². The van der Waals surface area contributed by atoms with Crippen LogP contribution in [0.4, 0.5) is 4.39 Å². The van der Waals surface area contributed by atoms with E-state index in [-0.39, 0.29) is 0 Å². The molecule has 26 heavy (non-hydrogen) atoms. The average Bonchev–Trinajstić information content (AvgIpc) is 2.69. The van der Waals surface area contributed by atoms with Gasteiger partial charge < -0.3 is 0 Å². The van der Waals surface area contributed by atoms with Crippen molar-refractivity contribution in [2.75, 3.05) is 0 Å². The molecule has 0 bridgehead atoms. The van der Waals surface area contributed by atoms with Crippen molar-refractivity contribution in [1.29, 1.82) is 0 Å². The maximum absolute atomic E-state index is 15.1. The maximum atomic E-state index is 15.1. The Bertz CT molecular complexity index is 376. The SMILES string of the molecule is CCCCCC1CCC(C2CCC(C3CCC(CC)CC3)CC2F)CC1. The summed E-state index contributed by atoms with van der Waals surface area (Å²) in [5.41, 5.74) is 0. The quantitative estimate of drug-likeness (QED) is 0.398. The van der Waals surface area contributed by atoms with Gasteiger partial charge >= 0.3 is 0 Å². The number of alkyl halides is 1. The molecule has 3 aliphatic carbocycles. The monoisotopic (exact) mass is 364 g/mol. The van der Waals surface area contributed by atoms with Crippen LogP contribution in [0.1, 0.15) is 117 Å². The first kappa shape index (κ1) is 20.7. The van der Waals surface area contributed by atoms with Crippen LogP contribution in [0.2, 0.25) is 0 Å². The number of rotatable bonds is 7. The van der Waals surface area contributed by atoms with Gasteiger partial charge in [-0.2, -0.15) is 0 Å². The smallest absolute Gasteiger partial charge is 0.103 e. The minimum Gasteiger partial charge on any atom is -0.247 e. The Kier molecular flexibility index (Phi) is 8.32. The number of unbranched alkanes of at least 4 members (excludes halogenated alkanes) is 2. The third-order valence-electron chi connectivity index (χ3n) is 8.71. The van der Waals surface area contributed by atoms with Gasteiger partial charge in [0.1, 0.15) is 6.17 Å². The highest BCUT2D eigenvalue weighted by Crippen LogP contribution is 2.47. The second-order valence-electron chi connectivity index (χ2n) is 10.2. The zero-order valence-corrected chi connectivity index (χ0v) is 17.7. The van der Waals surface area contributed by atoms with Gasteiger partial charge in [-0.1, -0.05) is 71.6 Å². The Morgan fingerprint density at radius 3 is 1.88 bits per heavy atom. The normalized spacial score (nSPS) is 41.9. The molecule has 0 N–H and O–H groups in total. The summed E-state index contributed by atoms with van der Waals surface area (Å²) in [7, 11) is 0. The molecule has 0 aromatic carbocycles. The van der Waals surface area contributed by atoms with Gasteiger partial charge in [-0.25, -0.2) is 4.39 Å². The molecule has 3 fully saturated rings. The topological polar surface area (TPSA) is 0 Å². The highest BCUT2D eigenvalue weighted by atomic mass is 19.1. The van der Waals surface area contributed by atoms with E-state index in [0.717, 1.165) is 24.2 Å². The van der Waals surface area contributed by atoms with Crippen molar-refractivity contribution in [3.8, 4) is 0 Å². The maximum Gasteiger partial charge on any atom is 0.103 e. The van der Waals surface area contributed by atoms with E-state index in [2.05, 4.69) is 13.8 Å². The van der Waals surface area contributed by atoms with Gasteiger partial charge in [-0.3, -0.25) is 0 Å². The molecule has 3 saturated carbocycles.